The van der Waals surface area contributed by atoms with Gasteiger partial charge in [0.1, 0.15) is 0 Å². The summed E-state index contributed by atoms with van der Waals surface area (Å²) < 4.78 is 0. The third kappa shape index (κ3) is 3.83. The van der Waals surface area contributed by atoms with Crippen LogP contribution in [0.25, 0.3) is 0 Å². The minimum absolute atomic E-state index is 0.752. The Kier molecular flexibility index (Phi) is 5.02. The average Bonchev–Trinajstić information content (AvgIpc) is 2.85. The molecule has 0 spiro atoms. The van der Waals surface area contributed by atoms with Crippen molar-refractivity contribution in [3.05, 3.63) is 35.9 Å². The normalized spacial score (nSPS) is 20.9. The van der Waals surface area contributed by atoms with E-state index >= 15 is 0 Å². The molecule has 2 rings (SSSR count). The summed E-state index contributed by atoms with van der Waals surface area (Å²) in [5.74, 6) is 0.752. The maximum Gasteiger partial charge on any atom is 0.0107 e. The molecule has 1 unspecified atom stereocenters. The zero-order valence-electron chi connectivity index (χ0n) is 10.9. The van der Waals surface area contributed by atoms with Gasteiger partial charge in [0, 0.05) is 19.6 Å². The van der Waals surface area contributed by atoms with E-state index in [2.05, 4.69) is 47.5 Å². The maximum atomic E-state index is 3.47. The first kappa shape index (κ1) is 12.6. The van der Waals surface area contributed by atoms with Crippen LogP contribution in [-0.2, 0) is 0 Å². The molecular weight excluding hydrogens is 208 g/mol. The van der Waals surface area contributed by atoms with E-state index in [-0.39, 0.29) is 0 Å². The molecule has 1 aliphatic heterocycles. The molecule has 0 aromatic heterocycles. The van der Waals surface area contributed by atoms with Crippen LogP contribution >= 0.6 is 0 Å². The topological polar surface area (TPSA) is 15.3 Å². The fourth-order valence-corrected chi connectivity index (χ4v) is 2.57. The summed E-state index contributed by atoms with van der Waals surface area (Å²) >= 11 is 0. The van der Waals surface area contributed by atoms with E-state index in [1.807, 2.05) is 0 Å². The highest BCUT2D eigenvalue weighted by atomic mass is 15.2. The molecule has 2 nitrogen and oxygen atoms in total. The van der Waals surface area contributed by atoms with Gasteiger partial charge in [0.05, 0.1) is 0 Å². The molecule has 1 aromatic rings. The van der Waals surface area contributed by atoms with Gasteiger partial charge in [-0.2, -0.15) is 0 Å². The van der Waals surface area contributed by atoms with Crippen LogP contribution in [-0.4, -0.2) is 37.6 Å². The average molecular weight is 232 g/mol. The van der Waals surface area contributed by atoms with Gasteiger partial charge in [-0.25, -0.2) is 0 Å². The number of nitrogens with zero attached hydrogens (tertiary/aromatic N) is 1. The SMILES string of the molecule is CCCNCCN1CCC(c2ccccc2)C1. The second-order valence-corrected chi connectivity index (χ2v) is 4.95. The van der Waals surface area contributed by atoms with Crippen LogP contribution in [0.15, 0.2) is 30.3 Å². The Labute approximate surface area is 105 Å². The van der Waals surface area contributed by atoms with Crippen molar-refractivity contribution in [2.24, 2.45) is 0 Å². The summed E-state index contributed by atoms with van der Waals surface area (Å²) in [6.07, 6.45) is 2.55. The summed E-state index contributed by atoms with van der Waals surface area (Å²) in [6, 6.07) is 10.9. The van der Waals surface area contributed by atoms with Crippen LogP contribution in [0.2, 0.25) is 0 Å². The predicted octanol–water partition coefficient (Wildman–Crippen LogP) is 2.48. The summed E-state index contributed by atoms with van der Waals surface area (Å²) in [5.41, 5.74) is 1.51. The fraction of sp³-hybridized carbons (Fsp3) is 0.600. The Balaban J connectivity index is 1.72. The van der Waals surface area contributed by atoms with Crippen LogP contribution in [0.3, 0.4) is 0 Å². The second-order valence-electron chi connectivity index (χ2n) is 4.95. The van der Waals surface area contributed by atoms with Gasteiger partial charge in [-0.15, -0.1) is 0 Å². The van der Waals surface area contributed by atoms with E-state index in [1.165, 1.54) is 38.0 Å². The minimum Gasteiger partial charge on any atom is -0.315 e. The van der Waals surface area contributed by atoms with Crippen molar-refractivity contribution in [1.82, 2.24) is 10.2 Å². The number of hydrogen-bond donors (Lipinski definition) is 1. The Morgan fingerprint density at radius 1 is 1.24 bits per heavy atom. The van der Waals surface area contributed by atoms with Crippen molar-refractivity contribution in [3.8, 4) is 0 Å². The lowest BCUT2D eigenvalue weighted by molar-refractivity contribution is 0.332. The van der Waals surface area contributed by atoms with Gasteiger partial charge in [0.2, 0.25) is 0 Å². The van der Waals surface area contributed by atoms with Crippen molar-refractivity contribution in [1.29, 1.82) is 0 Å². The van der Waals surface area contributed by atoms with E-state index in [1.54, 1.807) is 0 Å². The lowest BCUT2D eigenvalue weighted by atomic mass is 9.99. The lowest BCUT2D eigenvalue weighted by Gasteiger charge is -2.16. The van der Waals surface area contributed by atoms with E-state index in [4.69, 9.17) is 0 Å². The molecular formula is C15H24N2. The summed E-state index contributed by atoms with van der Waals surface area (Å²) in [4.78, 5) is 2.58. The monoisotopic (exact) mass is 232 g/mol. The van der Waals surface area contributed by atoms with E-state index < -0.39 is 0 Å². The summed E-state index contributed by atoms with van der Waals surface area (Å²) in [6.45, 7) is 8.19. The van der Waals surface area contributed by atoms with Gasteiger partial charge in [0.25, 0.3) is 0 Å². The van der Waals surface area contributed by atoms with Gasteiger partial charge >= 0.3 is 0 Å². The first-order valence-electron chi connectivity index (χ1n) is 6.88. The van der Waals surface area contributed by atoms with Crippen molar-refractivity contribution in [2.45, 2.75) is 25.7 Å². The second kappa shape index (κ2) is 6.77. The fourth-order valence-electron chi connectivity index (χ4n) is 2.57. The van der Waals surface area contributed by atoms with Crippen LogP contribution < -0.4 is 5.32 Å². The molecule has 0 bridgehead atoms. The van der Waals surface area contributed by atoms with Crippen molar-refractivity contribution in [3.63, 3.8) is 0 Å². The molecule has 1 atom stereocenters. The molecule has 0 saturated carbocycles. The maximum absolute atomic E-state index is 3.47. The van der Waals surface area contributed by atoms with Gasteiger partial charge in [-0.3, -0.25) is 0 Å². The summed E-state index contributed by atoms with van der Waals surface area (Å²) in [5, 5.41) is 3.47. The molecule has 2 heteroatoms. The molecule has 0 amide bonds. The predicted molar refractivity (Wildman–Crippen MR) is 73.4 cm³/mol. The highest BCUT2D eigenvalue weighted by Crippen LogP contribution is 2.26. The van der Waals surface area contributed by atoms with Crippen molar-refractivity contribution in [2.75, 3.05) is 32.7 Å². The zero-order chi connectivity index (χ0) is 11.9. The van der Waals surface area contributed by atoms with Gasteiger partial charge in [-0.05, 0) is 37.4 Å². The number of benzene rings is 1. The smallest absolute Gasteiger partial charge is 0.0107 e. The molecule has 1 heterocycles. The van der Waals surface area contributed by atoms with Crippen molar-refractivity contribution < 1.29 is 0 Å². The molecule has 1 aliphatic rings. The Bertz CT molecular complexity index is 310. The Hall–Kier alpha value is -0.860. The molecule has 1 fully saturated rings. The highest BCUT2D eigenvalue weighted by Gasteiger charge is 2.22. The van der Waals surface area contributed by atoms with Gasteiger partial charge in [0.15, 0.2) is 0 Å². The molecule has 17 heavy (non-hydrogen) atoms. The Morgan fingerprint density at radius 3 is 2.82 bits per heavy atom. The largest absolute Gasteiger partial charge is 0.315 e. The minimum atomic E-state index is 0.752. The molecule has 0 radical (unpaired) electrons. The third-order valence-corrected chi connectivity index (χ3v) is 3.57. The Morgan fingerprint density at radius 2 is 2.06 bits per heavy atom. The number of rotatable bonds is 6. The van der Waals surface area contributed by atoms with Gasteiger partial charge in [-0.1, -0.05) is 37.3 Å². The standard InChI is InChI=1S/C15H24N2/c1-2-9-16-10-12-17-11-8-15(13-17)14-6-4-3-5-7-14/h3-7,15-16H,2,8-13H2,1H3. The molecule has 0 aliphatic carbocycles. The van der Waals surface area contributed by atoms with Crippen LogP contribution in [0.4, 0.5) is 0 Å². The summed E-state index contributed by atoms with van der Waals surface area (Å²) in [7, 11) is 0. The quantitative estimate of drug-likeness (QED) is 0.758. The zero-order valence-corrected chi connectivity index (χ0v) is 10.9. The van der Waals surface area contributed by atoms with Crippen LogP contribution in [0, 0.1) is 0 Å². The molecule has 1 N–H and O–H groups in total. The van der Waals surface area contributed by atoms with Crippen molar-refractivity contribution >= 4 is 0 Å². The van der Waals surface area contributed by atoms with E-state index in [0.29, 0.717) is 0 Å². The van der Waals surface area contributed by atoms with Crippen LogP contribution in [0.1, 0.15) is 31.2 Å². The van der Waals surface area contributed by atoms with E-state index in [0.717, 1.165) is 19.0 Å². The first-order chi connectivity index (χ1) is 8.40. The van der Waals surface area contributed by atoms with E-state index in [9.17, 15) is 0 Å². The number of nitrogens with one attached hydrogen (secondary N) is 1. The van der Waals surface area contributed by atoms with Crippen LogP contribution in [0.5, 0.6) is 0 Å². The highest BCUT2D eigenvalue weighted by molar-refractivity contribution is 5.20. The molecule has 1 saturated heterocycles. The molecule has 1 aromatic carbocycles. The number of hydrogen-bond acceptors (Lipinski definition) is 2. The lowest BCUT2D eigenvalue weighted by Crippen LogP contribution is -2.30. The third-order valence-electron chi connectivity index (χ3n) is 3.57. The molecule has 94 valence electrons. The van der Waals surface area contributed by atoms with Gasteiger partial charge < -0.3 is 10.2 Å². The number of likely N-dealkylation sites (tertiary alicyclic amines) is 1. The first-order valence-corrected chi connectivity index (χ1v) is 6.88.